The average molecular weight is 464 g/mol. The number of aromatic hydroxyl groups is 1. The molecule has 0 radical (unpaired) electrons. The van der Waals surface area contributed by atoms with E-state index in [1.165, 1.54) is 0 Å². The number of aryl methyl sites for hydroxylation is 2. The van der Waals surface area contributed by atoms with Crippen molar-refractivity contribution in [3.63, 3.8) is 0 Å². The Balaban J connectivity index is 1.61. The van der Waals surface area contributed by atoms with Gasteiger partial charge in [-0.05, 0) is 65.4 Å². The fourth-order valence-electron chi connectivity index (χ4n) is 5.09. The third-order valence-corrected chi connectivity index (χ3v) is 6.89. The highest BCUT2D eigenvalue weighted by molar-refractivity contribution is 5.90. The normalized spacial score (nSPS) is 25.3. The molecule has 0 aliphatic carbocycles. The summed E-state index contributed by atoms with van der Waals surface area (Å²) in [5.74, 6) is 0.231. The second-order valence-electron chi connectivity index (χ2n) is 9.25. The van der Waals surface area contributed by atoms with Gasteiger partial charge in [0.15, 0.2) is 6.23 Å². The van der Waals surface area contributed by atoms with Crippen LogP contribution in [-0.2, 0) is 11.2 Å². The standard InChI is InChI=1S/C27H29NO6/c1-14-3-4-15(2)23-22(14)19(10-16-5-6-18-11-20(30)8-7-17(18)9-16)12-28(23)27-26(33)25(32)24(31)21(13-29)34-27/h3-9,11-12,21,24-27,29-33H,10,13H2,1-2H3/t21-,24-,25+,26-,27-/m1/s1. The van der Waals surface area contributed by atoms with Gasteiger partial charge < -0.3 is 34.8 Å². The Morgan fingerprint density at radius 3 is 2.32 bits per heavy atom. The Hall–Kier alpha value is -2.94. The molecule has 178 valence electrons. The predicted molar refractivity (Wildman–Crippen MR) is 129 cm³/mol. The Kier molecular flexibility index (Phi) is 5.83. The van der Waals surface area contributed by atoms with Gasteiger partial charge in [0.1, 0.15) is 30.2 Å². The second-order valence-corrected chi connectivity index (χ2v) is 9.25. The maximum absolute atomic E-state index is 10.8. The third kappa shape index (κ3) is 3.76. The molecule has 0 bridgehead atoms. The van der Waals surface area contributed by atoms with E-state index >= 15 is 0 Å². The molecule has 1 saturated heterocycles. The molecular formula is C27H29NO6. The van der Waals surface area contributed by atoms with Gasteiger partial charge in [0.2, 0.25) is 0 Å². The zero-order valence-electron chi connectivity index (χ0n) is 19.1. The van der Waals surface area contributed by atoms with E-state index in [9.17, 15) is 25.5 Å². The van der Waals surface area contributed by atoms with Gasteiger partial charge in [0.25, 0.3) is 0 Å². The van der Waals surface area contributed by atoms with E-state index in [2.05, 4.69) is 12.1 Å². The first-order valence-electron chi connectivity index (χ1n) is 11.4. The number of aliphatic hydroxyl groups is 4. The molecule has 7 nitrogen and oxygen atoms in total. The smallest absolute Gasteiger partial charge is 0.163 e. The summed E-state index contributed by atoms with van der Waals surface area (Å²) in [6.45, 7) is 3.54. The molecule has 0 amide bonds. The van der Waals surface area contributed by atoms with E-state index in [1.54, 1.807) is 12.1 Å². The maximum Gasteiger partial charge on any atom is 0.163 e. The van der Waals surface area contributed by atoms with Crippen LogP contribution < -0.4 is 0 Å². The minimum Gasteiger partial charge on any atom is -0.508 e. The van der Waals surface area contributed by atoms with Crippen LogP contribution >= 0.6 is 0 Å². The summed E-state index contributed by atoms with van der Waals surface area (Å²) in [5.41, 5.74) is 5.06. The Morgan fingerprint density at radius 1 is 0.853 bits per heavy atom. The number of benzene rings is 3. The molecule has 3 aromatic carbocycles. The number of fused-ring (bicyclic) bond motifs is 2. The van der Waals surface area contributed by atoms with Crippen LogP contribution in [0.25, 0.3) is 21.7 Å². The molecule has 0 saturated carbocycles. The van der Waals surface area contributed by atoms with Crippen molar-refractivity contribution in [2.75, 3.05) is 6.61 Å². The van der Waals surface area contributed by atoms with Crippen molar-refractivity contribution in [2.24, 2.45) is 0 Å². The van der Waals surface area contributed by atoms with Crippen LogP contribution in [0.4, 0.5) is 0 Å². The van der Waals surface area contributed by atoms with Crippen LogP contribution in [0.2, 0.25) is 0 Å². The molecule has 5 N–H and O–H groups in total. The Bertz CT molecular complexity index is 1360. The number of hydrogen-bond donors (Lipinski definition) is 5. The lowest BCUT2D eigenvalue weighted by atomic mass is 9.97. The highest BCUT2D eigenvalue weighted by Crippen LogP contribution is 2.36. The highest BCUT2D eigenvalue weighted by atomic mass is 16.6. The molecule has 2 heterocycles. The molecule has 1 aliphatic heterocycles. The second kappa shape index (κ2) is 8.69. The molecule has 5 rings (SSSR count). The highest BCUT2D eigenvalue weighted by Gasteiger charge is 2.44. The minimum atomic E-state index is -1.45. The van der Waals surface area contributed by atoms with Crippen LogP contribution in [0.1, 0.15) is 28.5 Å². The number of phenols is 1. The number of ether oxygens (including phenoxy) is 1. The molecule has 0 unspecified atom stereocenters. The third-order valence-electron chi connectivity index (χ3n) is 6.89. The molecule has 34 heavy (non-hydrogen) atoms. The van der Waals surface area contributed by atoms with Crippen LogP contribution in [0.5, 0.6) is 5.75 Å². The minimum absolute atomic E-state index is 0.231. The van der Waals surface area contributed by atoms with Gasteiger partial charge in [-0.2, -0.15) is 0 Å². The van der Waals surface area contributed by atoms with Crippen LogP contribution in [0.3, 0.4) is 0 Å². The molecule has 0 spiro atoms. The molecule has 1 aromatic heterocycles. The van der Waals surface area contributed by atoms with E-state index in [4.69, 9.17) is 4.74 Å². The topological polar surface area (TPSA) is 115 Å². The largest absolute Gasteiger partial charge is 0.508 e. The van der Waals surface area contributed by atoms with Crippen LogP contribution in [0, 0.1) is 13.8 Å². The number of nitrogens with zero attached hydrogens (tertiary/aromatic N) is 1. The maximum atomic E-state index is 10.8. The molecule has 1 fully saturated rings. The van der Waals surface area contributed by atoms with Crippen molar-refractivity contribution in [2.45, 2.75) is 50.9 Å². The number of rotatable bonds is 4. The summed E-state index contributed by atoms with van der Waals surface area (Å²) in [6, 6.07) is 15.5. The number of aromatic nitrogens is 1. The monoisotopic (exact) mass is 463 g/mol. The van der Waals surface area contributed by atoms with E-state index in [-0.39, 0.29) is 5.75 Å². The van der Waals surface area contributed by atoms with Gasteiger partial charge in [-0.25, -0.2) is 0 Å². The van der Waals surface area contributed by atoms with Gasteiger partial charge in [0, 0.05) is 11.6 Å². The van der Waals surface area contributed by atoms with Gasteiger partial charge in [-0.1, -0.05) is 36.4 Å². The van der Waals surface area contributed by atoms with E-state index in [1.807, 2.05) is 48.9 Å². The van der Waals surface area contributed by atoms with E-state index in [0.29, 0.717) is 6.42 Å². The van der Waals surface area contributed by atoms with Gasteiger partial charge >= 0.3 is 0 Å². The van der Waals surface area contributed by atoms with E-state index in [0.717, 1.165) is 43.9 Å². The lowest BCUT2D eigenvalue weighted by Gasteiger charge is -2.40. The fraction of sp³-hybridized carbons (Fsp3) is 0.333. The summed E-state index contributed by atoms with van der Waals surface area (Å²) in [4.78, 5) is 0. The van der Waals surface area contributed by atoms with Crippen LogP contribution in [-0.4, -0.2) is 61.1 Å². The average Bonchev–Trinajstić information content (AvgIpc) is 3.20. The quantitative estimate of drug-likeness (QED) is 0.318. The van der Waals surface area contributed by atoms with Crippen molar-refractivity contribution in [1.29, 1.82) is 0 Å². The number of hydrogen-bond acceptors (Lipinski definition) is 6. The molecule has 4 aromatic rings. The zero-order valence-corrected chi connectivity index (χ0v) is 19.1. The summed E-state index contributed by atoms with van der Waals surface area (Å²) >= 11 is 0. The van der Waals surface area contributed by atoms with Crippen LogP contribution in [0.15, 0.2) is 54.7 Å². The summed E-state index contributed by atoms with van der Waals surface area (Å²) in [7, 11) is 0. The summed E-state index contributed by atoms with van der Waals surface area (Å²) in [5, 5.41) is 53.8. The lowest BCUT2D eigenvalue weighted by Crippen LogP contribution is -2.56. The fourth-order valence-corrected chi connectivity index (χ4v) is 5.09. The van der Waals surface area contributed by atoms with Crippen molar-refractivity contribution >= 4 is 21.7 Å². The lowest BCUT2D eigenvalue weighted by molar-refractivity contribution is -0.250. The Morgan fingerprint density at radius 2 is 1.56 bits per heavy atom. The molecular weight excluding hydrogens is 434 g/mol. The van der Waals surface area contributed by atoms with Crippen molar-refractivity contribution in [3.05, 3.63) is 77.0 Å². The van der Waals surface area contributed by atoms with Crippen molar-refractivity contribution in [1.82, 2.24) is 4.57 Å². The number of aliphatic hydroxyl groups excluding tert-OH is 4. The van der Waals surface area contributed by atoms with Crippen molar-refractivity contribution in [3.8, 4) is 5.75 Å². The molecule has 1 aliphatic rings. The summed E-state index contributed by atoms with van der Waals surface area (Å²) < 4.78 is 7.70. The summed E-state index contributed by atoms with van der Waals surface area (Å²) in [6.07, 6.45) is -3.61. The van der Waals surface area contributed by atoms with Gasteiger partial charge in [-0.3, -0.25) is 0 Å². The molecule has 7 heteroatoms. The zero-order chi connectivity index (χ0) is 24.1. The Labute approximate surface area is 197 Å². The number of phenolic OH excluding ortho intramolecular Hbond substituents is 1. The SMILES string of the molecule is Cc1ccc(C)c2c1c(Cc1ccc3cc(O)ccc3c1)cn2[C@@H]1O[C@H](CO)[C@@H](O)[C@H](O)[C@H]1O. The first-order valence-corrected chi connectivity index (χ1v) is 11.4. The molecule has 5 atom stereocenters. The van der Waals surface area contributed by atoms with Gasteiger partial charge in [-0.15, -0.1) is 0 Å². The predicted octanol–water partition coefficient (Wildman–Crippen LogP) is 2.68. The first kappa shape index (κ1) is 22.8. The first-order chi connectivity index (χ1) is 16.3. The van der Waals surface area contributed by atoms with Gasteiger partial charge in [0.05, 0.1) is 12.1 Å². The van der Waals surface area contributed by atoms with Crippen molar-refractivity contribution < 1.29 is 30.3 Å². The van der Waals surface area contributed by atoms with E-state index < -0.39 is 37.3 Å².